The highest BCUT2D eigenvalue weighted by Crippen LogP contribution is 2.17. The minimum atomic E-state index is -0.367. The van der Waals surface area contributed by atoms with Crippen molar-refractivity contribution in [2.24, 2.45) is 0 Å². The van der Waals surface area contributed by atoms with Crippen molar-refractivity contribution in [2.75, 3.05) is 24.5 Å². The summed E-state index contributed by atoms with van der Waals surface area (Å²) in [6.45, 7) is 6.42. The van der Waals surface area contributed by atoms with Gasteiger partial charge in [-0.2, -0.15) is 0 Å². The third-order valence-electron chi connectivity index (χ3n) is 4.30. The van der Waals surface area contributed by atoms with Gasteiger partial charge in [0.2, 0.25) is 5.91 Å². The van der Waals surface area contributed by atoms with Gasteiger partial charge in [0.05, 0.1) is 12.7 Å². The molecule has 3 rings (SSSR count). The van der Waals surface area contributed by atoms with E-state index in [2.05, 4.69) is 37.0 Å². The van der Waals surface area contributed by atoms with E-state index < -0.39 is 0 Å². The predicted octanol–water partition coefficient (Wildman–Crippen LogP) is 2.69. The van der Waals surface area contributed by atoms with Crippen LogP contribution in [0.1, 0.15) is 16.7 Å². The van der Waals surface area contributed by atoms with Crippen molar-refractivity contribution in [3.8, 4) is 0 Å². The second-order valence-electron chi connectivity index (χ2n) is 5.99. The molecule has 1 aromatic heterocycles. The fourth-order valence-corrected chi connectivity index (χ4v) is 2.75. The lowest BCUT2D eigenvalue weighted by Gasteiger charge is -2.35. The van der Waals surface area contributed by atoms with Gasteiger partial charge < -0.3 is 9.80 Å². The zero-order valence-electron chi connectivity index (χ0n) is 13.4. The van der Waals surface area contributed by atoms with Gasteiger partial charge in [0, 0.05) is 19.6 Å². The van der Waals surface area contributed by atoms with E-state index in [9.17, 15) is 9.18 Å². The molecule has 0 unspecified atom stereocenters. The Morgan fingerprint density at radius 2 is 1.96 bits per heavy atom. The first-order chi connectivity index (χ1) is 11.0. The molecule has 0 radical (unpaired) electrons. The van der Waals surface area contributed by atoms with Crippen molar-refractivity contribution in [1.82, 2.24) is 9.88 Å². The number of aromatic nitrogens is 1. The number of carbonyl (C=O) groups is 1. The molecular weight excluding hydrogens is 293 g/mol. The number of pyridine rings is 1. The van der Waals surface area contributed by atoms with Crippen LogP contribution in [-0.4, -0.2) is 35.4 Å². The number of anilines is 1. The zero-order valence-corrected chi connectivity index (χ0v) is 13.4. The Labute approximate surface area is 135 Å². The summed E-state index contributed by atoms with van der Waals surface area (Å²) >= 11 is 0. The molecule has 2 heterocycles. The zero-order chi connectivity index (χ0) is 16.4. The number of amides is 1. The van der Waals surface area contributed by atoms with E-state index in [1.807, 2.05) is 9.80 Å². The van der Waals surface area contributed by atoms with Crippen LogP contribution in [0.25, 0.3) is 0 Å². The van der Waals surface area contributed by atoms with Gasteiger partial charge in [-0.15, -0.1) is 0 Å². The molecule has 0 atom stereocenters. The van der Waals surface area contributed by atoms with Crippen LogP contribution in [0.15, 0.2) is 36.5 Å². The number of aryl methyl sites for hydroxylation is 2. The number of rotatable bonds is 3. The topological polar surface area (TPSA) is 36.4 Å². The largest absolute Gasteiger partial charge is 0.346 e. The SMILES string of the molecule is Cc1ccc(CN2CCN(c3ccc(F)cn3)CC2=O)cc1C. The van der Waals surface area contributed by atoms with Crippen molar-refractivity contribution in [2.45, 2.75) is 20.4 Å². The molecule has 4 nitrogen and oxygen atoms in total. The molecule has 1 amide bonds. The van der Waals surface area contributed by atoms with E-state index in [0.29, 0.717) is 25.5 Å². The number of carbonyl (C=O) groups excluding carboxylic acids is 1. The summed E-state index contributed by atoms with van der Waals surface area (Å²) in [5.41, 5.74) is 3.64. The molecule has 1 aromatic carbocycles. The van der Waals surface area contributed by atoms with Crippen LogP contribution >= 0.6 is 0 Å². The molecule has 1 fully saturated rings. The van der Waals surface area contributed by atoms with Crippen LogP contribution in [0, 0.1) is 19.7 Å². The highest BCUT2D eigenvalue weighted by Gasteiger charge is 2.24. The van der Waals surface area contributed by atoms with E-state index in [1.165, 1.54) is 23.4 Å². The molecule has 0 N–H and O–H groups in total. The van der Waals surface area contributed by atoms with E-state index in [-0.39, 0.29) is 18.3 Å². The lowest BCUT2D eigenvalue weighted by atomic mass is 10.1. The number of hydrogen-bond acceptors (Lipinski definition) is 3. The molecule has 0 aliphatic carbocycles. The molecule has 1 aliphatic heterocycles. The van der Waals surface area contributed by atoms with Gasteiger partial charge in [-0.3, -0.25) is 4.79 Å². The number of benzene rings is 1. The average Bonchev–Trinajstić information content (AvgIpc) is 2.53. The summed E-state index contributed by atoms with van der Waals surface area (Å²) in [5, 5.41) is 0. The number of halogens is 1. The molecule has 23 heavy (non-hydrogen) atoms. The highest BCUT2D eigenvalue weighted by molar-refractivity contribution is 5.82. The molecule has 0 bridgehead atoms. The molecule has 1 aliphatic rings. The average molecular weight is 313 g/mol. The van der Waals surface area contributed by atoms with Crippen molar-refractivity contribution < 1.29 is 9.18 Å². The van der Waals surface area contributed by atoms with Crippen LogP contribution in [0.4, 0.5) is 10.2 Å². The van der Waals surface area contributed by atoms with Gasteiger partial charge in [0.1, 0.15) is 11.6 Å². The van der Waals surface area contributed by atoms with Gasteiger partial charge in [0.25, 0.3) is 0 Å². The summed E-state index contributed by atoms with van der Waals surface area (Å²) in [6.07, 6.45) is 1.18. The number of hydrogen-bond donors (Lipinski definition) is 0. The normalized spacial score (nSPS) is 15.2. The Morgan fingerprint density at radius 1 is 1.13 bits per heavy atom. The Kier molecular flexibility index (Phi) is 4.28. The first-order valence-electron chi connectivity index (χ1n) is 7.73. The molecular formula is C18H20FN3O. The van der Waals surface area contributed by atoms with E-state index in [0.717, 1.165) is 5.56 Å². The maximum atomic E-state index is 12.9. The molecule has 1 saturated heterocycles. The van der Waals surface area contributed by atoms with Crippen molar-refractivity contribution in [1.29, 1.82) is 0 Å². The van der Waals surface area contributed by atoms with Crippen LogP contribution in [-0.2, 0) is 11.3 Å². The van der Waals surface area contributed by atoms with E-state index in [1.54, 1.807) is 6.07 Å². The standard InChI is InChI=1S/C18H20FN3O/c1-13-3-4-15(9-14(13)2)11-22-8-7-21(12-18(22)23)17-6-5-16(19)10-20-17/h3-6,9-10H,7-8,11-12H2,1-2H3. The van der Waals surface area contributed by atoms with Gasteiger partial charge in [0.15, 0.2) is 0 Å². The first-order valence-corrected chi connectivity index (χ1v) is 7.73. The quantitative estimate of drug-likeness (QED) is 0.874. The summed E-state index contributed by atoms with van der Waals surface area (Å²) in [5.74, 6) is 0.347. The van der Waals surface area contributed by atoms with Crippen LogP contribution < -0.4 is 4.90 Å². The van der Waals surface area contributed by atoms with Gasteiger partial charge >= 0.3 is 0 Å². The third-order valence-corrected chi connectivity index (χ3v) is 4.30. The highest BCUT2D eigenvalue weighted by atomic mass is 19.1. The van der Waals surface area contributed by atoms with Crippen LogP contribution in [0.2, 0.25) is 0 Å². The lowest BCUT2D eigenvalue weighted by molar-refractivity contribution is -0.131. The smallest absolute Gasteiger partial charge is 0.242 e. The first kappa shape index (κ1) is 15.5. The minimum Gasteiger partial charge on any atom is -0.346 e. The van der Waals surface area contributed by atoms with Gasteiger partial charge in [-0.05, 0) is 42.7 Å². The van der Waals surface area contributed by atoms with Crippen molar-refractivity contribution >= 4 is 11.7 Å². The molecule has 120 valence electrons. The van der Waals surface area contributed by atoms with Crippen LogP contribution in [0.5, 0.6) is 0 Å². The molecule has 0 spiro atoms. The van der Waals surface area contributed by atoms with Crippen molar-refractivity contribution in [3.05, 3.63) is 59.0 Å². The summed E-state index contributed by atoms with van der Waals surface area (Å²) in [6, 6.07) is 9.28. The monoisotopic (exact) mass is 313 g/mol. The second kappa shape index (κ2) is 6.36. The van der Waals surface area contributed by atoms with Gasteiger partial charge in [-0.1, -0.05) is 18.2 Å². The Morgan fingerprint density at radius 3 is 2.61 bits per heavy atom. The second-order valence-corrected chi connectivity index (χ2v) is 5.99. The van der Waals surface area contributed by atoms with Crippen LogP contribution in [0.3, 0.4) is 0 Å². The van der Waals surface area contributed by atoms with E-state index >= 15 is 0 Å². The Bertz CT molecular complexity index is 715. The molecule has 5 heteroatoms. The molecule has 0 saturated carbocycles. The summed E-state index contributed by atoms with van der Waals surface area (Å²) in [4.78, 5) is 20.2. The van der Waals surface area contributed by atoms with Gasteiger partial charge in [-0.25, -0.2) is 9.37 Å². The number of nitrogens with zero attached hydrogens (tertiary/aromatic N) is 3. The molecule has 2 aromatic rings. The number of piperazine rings is 1. The maximum Gasteiger partial charge on any atom is 0.242 e. The predicted molar refractivity (Wildman–Crippen MR) is 87.7 cm³/mol. The maximum absolute atomic E-state index is 12.9. The Hall–Kier alpha value is -2.43. The third kappa shape index (κ3) is 3.50. The van der Waals surface area contributed by atoms with E-state index in [4.69, 9.17) is 0 Å². The van der Waals surface area contributed by atoms with Crippen molar-refractivity contribution in [3.63, 3.8) is 0 Å². The lowest BCUT2D eigenvalue weighted by Crippen LogP contribution is -2.50. The Balaban J connectivity index is 1.65. The minimum absolute atomic E-state index is 0.0700. The summed E-state index contributed by atoms with van der Waals surface area (Å²) < 4.78 is 12.9. The fourth-order valence-electron chi connectivity index (χ4n) is 2.75. The fraction of sp³-hybridized carbons (Fsp3) is 0.333. The summed E-state index contributed by atoms with van der Waals surface area (Å²) in [7, 11) is 0.